The molecule has 0 aromatic carbocycles. The average Bonchev–Trinajstić information content (AvgIpc) is 2.72. The van der Waals surface area contributed by atoms with Gasteiger partial charge in [0.2, 0.25) is 5.91 Å². The van der Waals surface area contributed by atoms with Crippen molar-refractivity contribution in [2.24, 2.45) is 7.05 Å². The molecule has 20 heavy (non-hydrogen) atoms. The monoisotopic (exact) mass is 276 g/mol. The molecule has 0 atom stereocenters. The molecule has 5 nitrogen and oxygen atoms in total. The van der Waals surface area contributed by atoms with Gasteiger partial charge < -0.3 is 14.8 Å². The molecule has 0 aliphatic heterocycles. The second-order valence-corrected chi connectivity index (χ2v) is 4.80. The van der Waals surface area contributed by atoms with E-state index in [1.807, 2.05) is 43.4 Å². The average molecular weight is 276 g/mol. The van der Waals surface area contributed by atoms with E-state index in [-0.39, 0.29) is 5.91 Å². The van der Waals surface area contributed by atoms with Crippen LogP contribution in [0.25, 0.3) is 0 Å². The summed E-state index contributed by atoms with van der Waals surface area (Å²) in [5, 5.41) is 12.2. The van der Waals surface area contributed by atoms with Crippen molar-refractivity contribution < 1.29 is 4.79 Å². The standard InChI is InChI=1S/C15H24N4O/c1-5-19(6-2)15(20)7-8-17-11-13-9-14(10-16)18(4)12(13)3/h9,17H,5-8,11H2,1-4H3. The van der Waals surface area contributed by atoms with Crippen molar-refractivity contribution in [3.8, 4) is 6.07 Å². The smallest absolute Gasteiger partial charge is 0.223 e. The summed E-state index contributed by atoms with van der Waals surface area (Å²) in [6.07, 6.45) is 0.513. The third-order valence-electron chi connectivity index (χ3n) is 3.70. The van der Waals surface area contributed by atoms with E-state index in [1.54, 1.807) is 0 Å². The second kappa shape index (κ2) is 7.71. The normalized spacial score (nSPS) is 10.3. The van der Waals surface area contributed by atoms with Crippen LogP contribution in [0.2, 0.25) is 0 Å². The van der Waals surface area contributed by atoms with Gasteiger partial charge in [0.15, 0.2) is 0 Å². The molecular formula is C15H24N4O. The van der Waals surface area contributed by atoms with Crippen molar-refractivity contribution in [2.75, 3.05) is 19.6 Å². The first kappa shape index (κ1) is 16.3. The summed E-state index contributed by atoms with van der Waals surface area (Å²) in [6.45, 7) is 8.85. The van der Waals surface area contributed by atoms with Gasteiger partial charge in [-0.05, 0) is 32.4 Å². The van der Waals surface area contributed by atoms with Crippen molar-refractivity contribution in [1.82, 2.24) is 14.8 Å². The summed E-state index contributed by atoms with van der Waals surface area (Å²) in [4.78, 5) is 13.7. The van der Waals surface area contributed by atoms with Crippen molar-refractivity contribution >= 4 is 5.91 Å². The number of hydrogen-bond acceptors (Lipinski definition) is 3. The van der Waals surface area contributed by atoms with Gasteiger partial charge >= 0.3 is 0 Å². The van der Waals surface area contributed by atoms with Gasteiger partial charge in [0, 0.05) is 45.3 Å². The quantitative estimate of drug-likeness (QED) is 0.769. The summed E-state index contributed by atoms with van der Waals surface area (Å²) in [5.41, 5.74) is 2.86. The SMILES string of the molecule is CCN(CC)C(=O)CCNCc1cc(C#N)n(C)c1C. The predicted molar refractivity (Wildman–Crippen MR) is 79.1 cm³/mol. The molecule has 0 unspecified atom stereocenters. The van der Waals surface area contributed by atoms with E-state index in [4.69, 9.17) is 5.26 Å². The minimum absolute atomic E-state index is 0.185. The van der Waals surface area contributed by atoms with Crippen molar-refractivity contribution in [1.29, 1.82) is 5.26 Å². The maximum absolute atomic E-state index is 11.8. The second-order valence-electron chi connectivity index (χ2n) is 4.80. The van der Waals surface area contributed by atoms with Crippen molar-refractivity contribution in [2.45, 2.75) is 33.7 Å². The Bertz CT molecular complexity index is 495. The Balaban J connectivity index is 2.42. The molecule has 0 aliphatic rings. The van der Waals surface area contributed by atoms with E-state index in [1.165, 1.54) is 0 Å². The molecule has 1 N–H and O–H groups in total. The predicted octanol–water partition coefficient (Wildman–Crippen LogP) is 1.55. The lowest BCUT2D eigenvalue weighted by atomic mass is 10.2. The van der Waals surface area contributed by atoms with Crippen LogP contribution >= 0.6 is 0 Å². The fraction of sp³-hybridized carbons (Fsp3) is 0.600. The molecule has 1 aromatic heterocycles. The maximum Gasteiger partial charge on any atom is 0.223 e. The lowest BCUT2D eigenvalue weighted by molar-refractivity contribution is -0.130. The van der Waals surface area contributed by atoms with Crippen LogP contribution in [-0.2, 0) is 18.4 Å². The fourth-order valence-corrected chi connectivity index (χ4v) is 2.20. The molecular weight excluding hydrogens is 252 g/mol. The molecule has 0 saturated heterocycles. The molecule has 0 fully saturated rings. The van der Waals surface area contributed by atoms with Crippen molar-refractivity contribution in [3.05, 3.63) is 23.0 Å². The zero-order valence-corrected chi connectivity index (χ0v) is 12.9. The van der Waals surface area contributed by atoms with Crippen molar-refractivity contribution in [3.63, 3.8) is 0 Å². The van der Waals surface area contributed by atoms with Crippen LogP contribution in [0.4, 0.5) is 0 Å². The van der Waals surface area contributed by atoms with Crippen LogP contribution in [0.1, 0.15) is 37.2 Å². The van der Waals surface area contributed by atoms with Crippen LogP contribution in [-0.4, -0.2) is 35.0 Å². The number of carbonyl (C=O) groups excluding carboxylic acids is 1. The summed E-state index contributed by atoms with van der Waals surface area (Å²) < 4.78 is 1.89. The van der Waals surface area contributed by atoms with Gasteiger partial charge in [-0.3, -0.25) is 4.79 Å². The van der Waals surface area contributed by atoms with E-state index in [0.717, 1.165) is 24.3 Å². The minimum atomic E-state index is 0.185. The largest absolute Gasteiger partial charge is 0.343 e. The fourth-order valence-electron chi connectivity index (χ4n) is 2.20. The van der Waals surface area contributed by atoms with Crippen LogP contribution < -0.4 is 5.32 Å². The summed E-state index contributed by atoms with van der Waals surface area (Å²) >= 11 is 0. The number of carbonyl (C=O) groups is 1. The van der Waals surface area contributed by atoms with Gasteiger partial charge in [-0.25, -0.2) is 0 Å². The van der Waals surface area contributed by atoms with E-state index in [9.17, 15) is 4.79 Å². The first-order valence-electron chi connectivity index (χ1n) is 7.08. The lowest BCUT2D eigenvalue weighted by Crippen LogP contribution is -2.32. The number of hydrogen-bond donors (Lipinski definition) is 1. The third kappa shape index (κ3) is 3.84. The number of aromatic nitrogens is 1. The molecule has 1 amide bonds. The van der Waals surface area contributed by atoms with Gasteiger partial charge in [-0.1, -0.05) is 0 Å². The highest BCUT2D eigenvalue weighted by Crippen LogP contribution is 2.12. The summed E-state index contributed by atoms with van der Waals surface area (Å²) in [5.74, 6) is 0.185. The Hall–Kier alpha value is -1.80. The molecule has 1 aromatic rings. The number of nitrogens with zero attached hydrogens (tertiary/aromatic N) is 3. The van der Waals surface area contributed by atoms with Gasteiger partial charge in [0.25, 0.3) is 0 Å². The van der Waals surface area contributed by atoms with Crippen LogP contribution in [0, 0.1) is 18.3 Å². The first-order valence-corrected chi connectivity index (χ1v) is 7.08. The van der Waals surface area contributed by atoms with Gasteiger partial charge in [-0.2, -0.15) is 5.26 Å². The Morgan fingerprint density at radius 3 is 2.60 bits per heavy atom. The van der Waals surface area contributed by atoms with Gasteiger partial charge in [0.05, 0.1) is 0 Å². The molecule has 1 rings (SSSR count). The Labute approximate surface area is 121 Å². The van der Waals surface area contributed by atoms with E-state index >= 15 is 0 Å². The van der Waals surface area contributed by atoms with E-state index < -0.39 is 0 Å². The summed E-state index contributed by atoms with van der Waals surface area (Å²) in [7, 11) is 1.89. The molecule has 5 heteroatoms. The highest BCUT2D eigenvalue weighted by molar-refractivity contribution is 5.76. The Kier molecular flexibility index (Phi) is 6.26. The zero-order chi connectivity index (χ0) is 15.1. The zero-order valence-electron chi connectivity index (χ0n) is 12.9. The molecule has 0 aliphatic carbocycles. The first-order chi connectivity index (χ1) is 9.54. The molecule has 0 spiro atoms. The van der Waals surface area contributed by atoms with Crippen LogP contribution in [0.5, 0.6) is 0 Å². The van der Waals surface area contributed by atoms with E-state index in [0.29, 0.717) is 25.2 Å². The molecule has 0 radical (unpaired) electrons. The van der Waals surface area contributed by atoms with Crippen LogP contribution in [0.3, 0.4) is 0 Å². The number of nitrogens with one attached hydrogen (secondary N) is 1. The van der Waals surface area contributed by atoms with E-state index in [2.05, 4.69) is 11.4 Å². The molecule has 110 valence electrons. The van der Waals surface area contributed by atoms with Crippen LogP contribution in [0.15, 0.2) is 6.07 Å². The molecule has 1 heterocycles. The summed E-state index contributed by atoms with van der Waals surface area (Å²) in [6, 6.07) is 4.07. The van der Waals surface area contributed by atoms with Gasteiger partial charge in [0.1, 0.15) is 11.8 Å². The lowest BCUT2D eigenvalue weighted by Gasteiger charge is -2.18. The Morgan fingerprint density at radius 1 is 1.45 bits per heavy atom. The highest BCUT2D eigenvalue weighted by Gasteiger charge is 2.10. The molecule has 0 saturated carbocycles. The van der Waals surface area contributed by atoms with Gasteiger partial charge in [-0.15, -0.1) is 0 Å². The third-order valence-corrected chi connectivity index (χ3v) is 3.70. The number of rotatable bonds is 7. The highest BCUT2D eigenvalue weighted by atomic mass is 16.2. The molecule has 0 bridgehead atoms. The topological polar surface area (TPSA) is 61.1 Å². The number of amides is 1. The minimum Gasteiger partial charge on any atom is -0.343 e. The Morgan fingerprint density at radius 2 is 2.10 bits per heavy atom. The maximum atomic E-state index is 11.8. The number of nitriles is 1.